The van der Waals surface area contributed by atoms with Crippen LogP contribution in [0.2, 0.25) is 0 Å². The summed E-state index contributed by atoms with van der Waals surface area (Å²) >= 11 is 3.16. The topological polar surface area (TPSA) is 9.23 Å². The van der Waals surface area contributed by atoms with E-state index >= 15 is 0 Å². The highest BCUT2D eigenvalue weighted by Gasteiger charge is 2.29. The Kier molecular flexibility index (Phi) is 3.42. The van der Waals surface area contributed by atoms with Gasteiger partial charge in [0.15, 0.2) is 0 Å². The number of hydrogen-bond acceptors (Lipinski definition) is 1. The van der Waals surface area contributed by atoms with Gasteiger partial charge in [-0.15, -0.1) is 0 Å². The second-order valence-corrected chi connectivity index (χ2v) is 3.66. The zero-order valence-corrected chi connectivity index (χ0v) is 8.95. The Morgan fingerprint density at radius 1 is 1.36 bits per heavy atom. The maximum atomic E-state index is 12.1. The third-order valence-corrected chi connectivity index (χ3v) is 2.13. The molecule has 0 fully saturated rings. The van der Waals surface area contributed by atoms with Gasteiger partial charge in [-0.05, 0) is 12.1 Å². The fourth-order valence-corrected chi connectivity index (χ4v) is 1.42. The van der Waals surface area contributed by atoms with Gasteiger partial charge in [-0.25, -0.2) is 0 Å². The molecule has 0 spiro atoms. The number of benzene rings is 1. The molecule has 78 valence electrons. The largest absolute Gasteiger partial charge is 0.496 e. The highest BCUT2D eigenvalue weighted by molar-refractivity contribution is 9.10. The van der Waals surface area contributed by atoms with E-state index in [1.807, 2.05) is 0 Å². The lowest BCUT2D eigenvalue weighted by Crippen LogP contribution is -2.12. The maximum Gasteiger partial charge on any atom is 0.393 e. The second-order valence-electron chi connectivity index (χ2n) is 2.75. The molecule has 0 amide bonds. The molecule has 0 saturated carbocycles. The van der Waals surface area contributed by atoms with Crippen molar-refractivity contribution in [2.24, 2.45) is 0 Å². The van der Waals surface area contributed by atoms with Gasteiger partial charge in [-0.3, -0.25) is 0 Å². The molecule has 14 heavy (non-hydrogen) atoms. The number of rotatable bonds is 2. The Morgan fingerprint density at radius 2 is 2.00 bits per heavy atom. The van der Waals surface area contributed by atoms with Gasteiger partial charge < -0.3 is 4.74 Å². The van der Waals surface area contributed by atoms with Crippen LogP contribution in [0.4, 0.5) is 13.2 Å². The van der Waals surface area contributed by atoms with Gasteiger partial charge >= 0.3 is 6.18 Å². The Labute approximate surface area is 88.0 Å². The zero-order valence-electron chi connectivity index (χ0n) is 7.36. The lowest BCUT2D eigenvalue weighted by atomic mass is 10.1. The molecule has 1 aromatic carbocycles. The van der Waals surface area contributed by atoms with Crippen LogP contribution in [-0.2, 0) is 6.42 Å². The van der Waals surface area contributed by atoms with Crippen molar-refractivity contribution in [1.82, 2.24) is 0 Å². The van der Waals surface area contributed by atoms with E-state index in [0.717, 1.165) is 0 Å². The molecule has 5 heteroatoms. The predicted octanol–water partition coefficient (Wildman–Crippen LogP) is 3.56. The minimum absolute atomic E-state index is 0.142. The van der Waals surface area contributed by atoms with Crippen LogP contribution in [0.3, 0.4) is 0 Å². The lowest BCUT2D eigenvalue weighted by molar-refractivity contribution is -0.127. The molecule has 0 heterocycles. The summed E-state index contributed by atoms with van der Waals surface area (Å²) in [6, 6.07) is 4.47. The van der Waals surface area contributed by atoms with Crippen molar-refractivity contribution >= 4 is 15.9 Å². The smallest absolute Gasteiger partial charge is 0.393 e. The average molecular weight is 269 g/mol. The van der Waals surface area contributed by atoms with Crippen molar-refractivity contribution in [2.45, 2.75) is 12.6 Å². The number of hydrogen-bond donors (Lipinski definition) is 0. The van der Waals surface area contributed by atoms with Crippen LogP contribution < -0.4 is 4.74 Å². The second kappa shape index (κ2) is 4.21. The van der Waals surface area contributed by atoms with Crippen molar-refractivity contribution in [1.29, 1.82) is 0 Å². The first kappa shape index (κ1) is 11.4. The first-order chi connectivity index (χ1) is 6.42. The van der Waals surface area contributed by atoms with E-state index in [9.17, 15) is 13.2 Å². The van der Waals surface area contributed by atoms with Gasteiger partial charge in [0.25, 0.3) is 0 Å². The van der Waals surface area contributed by atoms with Gasteiger partial charge in [0, 0.05) is 10.0 Å². The fraction of sp³-hybridized carbons (Fsp3) is 0.333. The first-order valence-electron chi connectivity index (χ1n) is 3.81. The molecule has 0 bridgehead atoms. The zero-order chi connectivity index (χ0) is 10.8. The molecule has 0 radical (unpaired) electrons. The van der Waals surface area contributed by atoms with Crippen LogP contribution in [0, 0.1) is 0 Å². The highest BCUT2D eigenvalue weighted by atomic mass is 79.9. The normalized spacial score (nSPS) is 11.5. The van der Waals surface area contributed by atoms with Crippen molar-refractivity contribution in [2.75, 3.05) is 7.11 Å². The maximum absolute atomic E-state index is 12.1. The lowest BCUT2D eigenvalue weighted by Gasteiger charge is -2.10. The quantitative estimate of drug-likeness (QED) is 0.797. The van der Waals surface area contributed by atoms with Crippen molar-refractivity contribution < 1.29 is 17.9 Å². The van der Waals surface area contributed by atoms with Crippen LogP contribution in [0.5, 0.6) is 5.75 Å². The summed E-state index contributed by atoms with van der Waals surface area (Å²) in [5.74, 6) is 0.247. The van der Waals surface area contributed by atoms with E-state index in [1.54, 1.807) is 6.07 Å². The van der Waals surface area contributed by atoms with E-state index in [2.05, 4.69) is 15.9 Å². The van der Waals surface area contributed by atoms with Crippen LogP contribution in [0.1, 0.15) is 5.56 Å². The molecular weight excluding hydrogens is 261 g/mol. The number of methoxy groups -OCH3 is 1. The number of alkyl halides is 3. The van der Waals surface area contributed by atoms with Gasteiger partial charge in [0.2, 0.25) is 0 Å². The van der Waals surface area contributed by atoms with Crippen LogP contribution in [0.25, 0.3) is 0 Å². The van der Waals surface area contributed by atoms with E-state index in [4.69, 9.17) is 4.74 Å². The number of ether oxygens (including phenoxy) is 1. The molecule has 0 saturated heterocycles. The molecule has 0 aliphatic rings. The Bertz CT molecular complexity index is 322. The standard InChI is InChI=1S/C9H8BrF3O/c1-14-8-4-7(10)3-2-6(8)5-9(11,12)13/h2-4H,5H2,1H3. The van der Waals surface area contributed by atoms with Gasteiger partial charge in [0.05, 0.1) is 13.5 Å². The molecule has 1 nitrogen and oxygen atoms in total. The molecule has 1 rings (SSSR count). The monoisotopic (exact) mass is 268 g/mol. The van der Waals surface area contributed by atoms with Crippen LogP contribution in [0.15, 0.2) is 22.7 Å². The Balaban J connectivity index is 2.97. The minimum atomic E-state index is -4.21. The van der Waals surface area contributed by atoms with Crippen molar-refractivity contribution in [3.05, 3.63) is 28.2 Å². The average Bonchev–Trinajstić information content (AvgIpc) is 2.06. The van der Waals surface area contributed by atoms with E-state index < -0.39 is 12.6 Å². The van der Waals surface area contributed by atoms with E-state index in [-0.39, 0.29) is 11.3 Å². The van der Waals surface area contributed by atoms with Crippen molar-refractivity contribution in [3.8, 4) is 5.75 Å². The fourth-order valence-electron chi connectivity index (χ4n) is 1.08. The Hall–Kier alpha value is -0.710. The summed E-state index contributed by atoms with van der Waals surface area (Å²) in [7, 11) is 1.35. The summed E-state index contributed by atoms with van der Waals surface area (Å²) in [6.45, 7) is 0. The first-order valence-corrected chi connectivity index (χ1v) is 4.61. The van der Waals surface area contributed by atoms with E-state index in [1.165, 1.54) is 19.2 Å². The number of halogens is 4. The summed E-state index contributed by atoms with van der Waals surface area (Å²) in [5, 5.41) is 0. The molecule has 0 unspecified atom stereocenters. The third-order valence-electron chi connectivity index (χ3n) is 1.64. The molecule has 0 aromatic heterocycles. The SMILES string of the molecule is COc1cc(Br)ccc1CC(F)(F)F. The van der Waals surface area contributed by atoms with Gasteiger partial charge in [-0.2, -0.15) is 13.2 Å². The molecular formula is C9H8BrF3O. The summed E-state index contributed by atoms with van der Waals surface area (Å²) in [4.78, 5) is 0. The van der Waals surface area contributed by atoms with Gasteiger partial charge in [0.1, 0.15) is 5.75 Å². The highest BCUT2D eigenvalue weighted by Crippen LogP contribution is 2.29. The van der Waals surface area contributed by atoms with Crippen molar-refractivity contribution in [3.63, 3.8) is 0 Å². The molecule has 0 N–H and O–H groups in total. The van der Waals surface area contributed by atoms with Crippen LogP contribution in [-0.4, -0.2) is 13.3 Å². The minimum Gasteiger partial charge on any atom is -0.496 e. The van der Waals surface area contributed by atoms with Gasteiger partial charge in [-0.1, -0.05) is 22.0 Å². The third kappa shape index (κ3) is 3.21. The predicted molar refractivity (Wildman–Crippen MR) is 50.5 cm³/mol. The van der Waals surface area contributed by atoms with E-state index in [0.29, 0.717) is 4.47 Å². The molecule has 0 atom stereocenters. The summed E-state index contributed by atoms with van der Waals surface area (Å²) in [5.41, 5.74) is 0.142. The summed E-state index contributed by atoms with van der Waals surface area (Å²) in [6.07, 6.45) is -5.18. The molecule has 0 aliphatic heterocycles. The molecule has 1 aromatic rings. The van der Waals surface area contributed by atoms with Crippen LogP contribution >= 0.6 is 15.9 Å². The Morgan fingerprint density at radius 3 is 2.50 bits per heavy atom. The summed E-state index contributed by atoms with van der Waals surface area (Å²) < 4.78 is 41.8. The molecule has 0 aliphatic carbocycles.